The number of aromatic nitrogens is 1. The average molecular weight is 330 g/mol. The molecule has 1 aromatic rings. The molecule has 0 aliphatic carbocycles. The lowest BCUT2D eigenvalue weighted by Gasteiger charge is -2.08. The predicted molar refractivity (Wildman–Crippen MR) is 86.1 cm³/mol. The van der Waals surface area contributed by atoms with Crippen LogP contribution in [0.3, 0.4) is 0 Å². The summed E-state index contributed by atoms with van der Waals surface area (Å²) in [5.74, 6) is 0. The molecular formula is C18H32ClNO2. The lowest BCUT2D eigenvalue weighted by atomic mass is 10.1. The van der Waals surface area contributed by atoms with E-state index >= 15 is 0 Å². The van der Waals surface area contributed by atoms with Crippen molar-refractivity contribution in [1.29, 1.82) is 0 Å². The Morgan fingerprint density at radius 1 is 0.909 bits per heavy atom. The molecule has 0 aromatic carbocycles. The van der Waals surface area contributed by atoms with E-state index in [0.717, 1.165) is 13.0 Å². The van der Waals surface area contributed by atoms with Gasteiger partial charge in [-0.15, -0.1) is 0 Å². The normalized spacial score (nSPS) is 11.9. The van der Waals surface area contributed by atoms with Gasteiger partial charge in [-0.25, -0.2) is 4.57 Å². The molecule has 4 heteroatoms. The van der Waals surface area contributed by atoms with Crippen molar-refractivity contribution in [3.05, 3.63) is 30.6 Å². The molecule has 0 saturated carbocycles. The minimum atomic E-state index is -0.425. The number of aliphatic hydroxyl groups is 1. The number of unbranched alkanes of at least 4 members (excludes halogenated alkanes) is 7. The summed E-state index contributed by atoms with van der Waals surface area (Å²) < 4.78 is 7.53. The summed E-state index contributed by atoms with van der Waals surface area (Å²) in [6.45, 7) is 4.05. The molecule has 0 aliphatic heterocycles. The van der Waals surface area contributed by atoms with Gasteiger partial charge in [0.05, 0.1) is 6.61 Å². The number of halogens is 1. The molecule has 22 heavy (non-hydrogen) atoms. The molecule has 0 fully saturated rings. The molecule has 0 amide bonds. The standard InChI is InChI=1S/C18H32NO2.ClH/c1-2-3-4-5-6-7-8-12-15-21-17-18(20)16-19-13-10-9-11-14-19;/h9-11,13-14,18,20H,2-8,12,15-17H2,1H3;1H/q+1;/p-1/t18-;/m0./s1. The topological polar surface area (TPSA) is 33.3 Å². The van der Waals surface area contributed by atoms with Crippen LogP contribution in [0.25, 0.3) is 0 Å². The van der Waals surface area contributed by atoms with E-state index < -0.39 is 6.10 Å². The molecule has 0 spiro atoms. The highest BCUT2D eigenvalue weighted by atomic mass is 35.5. The molecule has 1 atom stereocenters. The fourth-order valence-electron chi connectivity index (χ4n) is 2.41. The Hall–Kier alpha value is -0.640. The molecule has 0 unspecified atom stereocenters. The zero-order valence-corrected chi connectivity index (χ0v) is 14.7. The summed E-state index contributed by atoms with van der Waals surface area (Å²) in [5, 5.41) is 9.88. The van der Waals surface area contributed by atoms with Gasteiger partial charge in [-0.1, -0.05) is 57.9 Å². The average Bonchev–Trinajstić information content (AvgIpc) is 2.50. The van der Waals surface area contributed by atoms with Crippen molar-refractivity contribution in [2.75, 3.05) is 13.2 Å². The minimum Gasteiger partial charge on any atom is -1.00 e. The van der Waals surface area contributed by atoms with Crippen LogP contribution in [0.15, 0.2) is 30.6 Å². The molecule has 0 radical (unpaired) electrons. The molecule has 1 N–H and O–H groups in total. The molecular weight excluding hydrogens is 298 g/mol. The molecule has 0 bridgehead atoms. The molecule has 1 heterocycles. The van der Waals surface area contributed by atoms with Crippen LogP contribution in [0, 0.1) is 0 Å². The van der Waals surface area contributed by atoms with Crippen molar-refractivity contribution < 1.29 is 26.8 Å². The van der Waals surface area contributed by atoms with E-state index in [1.165, 1.54) is 44.9 Å². The van der Waals surface area contributed by atoms with E-state index in [-0.39, 0.29) is 12.4 Å². The number of hydrogen-bond donors (Lipinski definition) is 1. The maximum Gasteiger partial charge on any atom is 0.176 e. The van der Waals surface area contributed by atoms with Crippen LogP contribution in [-0.2, 0) is 11.3 Å². The second-order valence-corrected chi connectivity index (χ2v) is 5.78. The van der Waals surface area contributed by atoms with E-state index in [0.29, 0.717) is 13.2 Å². The van der Waals surface area contributed by atoms with Gasteiger partial charge in [-0.05, 0) is 6.42 Å². The monoisotopic (exact) mass is 329 g/mol. The van der Waals surface area contributed by atoms with Crippen molar-refractivity contribution in [3.8, 4) is 0 Å². The van der Waals surface area contributed by atoms with Gasteiger partial charge < -0.3 is 22.3 Å². The predicted octanol–water partition coefficient (Wildman–Crippen LogP) is 0.496. The fraction of sp³-hybridized carbons (Fsp3) is 0.722. The van der Waals surface area contributed by atoms with E-state index in [2.05, 4.69) is 6.92 Å². The first kappa shape index (κ1) is 21.4. The van der Waals surface area contributed by atoms with E-state index in [1.807, 2.05) is 35.2 Å². The lowest BCUT2D eigenvalue weighted by Crippen LogP contribution is -3.00. The third-order valence-electron chi connectivity index (χ3n) is 3.65. The first-order valence-corrected chi connectivity index (χ1v) is 8.53. The number of hydrogen-bond acceptors (Lipinski definition) is 2. The summed E-state index contributed by atoms with van der Waals surface area (Å²) in [6, 6.07) is 5.91. The van der Waals surface area contributed by atoms with Crippen molar-refractivity contribution in [3.63, 3.8) is 0 Å². The van der Waals surface area contributed by atoms with Gasteiger partial charge in [0.2, 0.25) is 0 Å². The molecule has 0 aliphatic rings. The zero-order valence-electron chi connectivity index (χ0n) is 13.9. The van der Waals surface area contributed by atoms with Crippen LogP contribution in [0.5, 0.6) is 0 Å². The van der Waals surface area contributed by atoms with Crippen molar-refractivity contribution in [2.45, 2.75) is 70.9 Å². The van der Waals surface area contributed by atoms with E-state index in [9.17, 15) is 5.11 Å². The third kappa shape index (κ3) is 12.0. The first-order chi connectivity index (χ1) is 10.3. The van der Waals surface area contributed by atoms with Gasteiger partial charge in [0.15, 0.2) is 18.9 Å². The van der Waals surface area contributed by atoms with Gasteiger partial charge in [-0.2, -0.15) is 0 Å². The van der Waals surface area contributed by atoms with Crippen molar-refractivity contribution >= 4 is 0 Å². The largest absolute Gasteiger partial charge is 1.00 e. The van der Waals surface area contributed by atoms with Crippen molar-refractivity contribution in [1.82, 2.24) is 0 Å². The van der Waals surface area contributed by atoms with E-state index in [4.69, 9.17) is 4.74 Å². The van der Waals surface area contributed by atoms with Crippen LogP contribution < -0.4 is 17.0 Å². The maximum atomic E-state index is 9.88. The molecule has 1 aromatic heterocycles. The number of ether oxygens (including phenoxy) is 1. The Balaban J connectivity index is 0.00000441. The Kier molecular flexibility index (Phi) is 14.8. The van der Waals surface area contributed by atoms with Gasteiger partial charge in [0, 0.05) is 18.7 Å². The molecule has 3 nitrogen and oxygen atoms in total. The molecule has 128 valence electrons. The van der Waals surface area contributed by atoms with Crippen LogP contribution in [-0.4, -0.2) is 24.4 Å². The van der Waals surface area contributed by atoms with Crippen LogP contribution in [0.1, 0.15) is 58.3 Å². The Morgan fingerprint density at radius 3 is 2.14 bits per heavy atom. The van der Waals surface area contributed by atoms with Gasteiger partial charge in [-0.3, -0.25) is 0 Å². The minimum absolute atomic E-state index is 0. The summed E-state index contributed by atoms with van der Waals surface area (Å²) in [7, 11) is 0. The number of nitrogens with zero attached hydrogens (tertiary/aromatic N) is 1. The highest BCUT2D eigenvalue weighted by Gasteiger charge is 2.09. The smallest absolute Gasteiger partial charge is 0.176 e. The summed E-state index contributed by atoms with van der Waals surface area (Å²) in [4.78, 5) is 0. The Bertz CT molecular complexity index is 335. The lowest BCUT2D eigenvalue weighted by molar-refractivity contribution is -0.703. The summed E-state index contributed by atoms with van der Waals surface area (Å²) in [5.41, 5.74) is 0. The highest BCUT2D eigenvalue weighted by molar-refractivity contribution is 4.83. The van der Waals surface area contributed by atoms with Gasteiger partial charge in [0.1, 0.15) is 6.10 Å². The van der Waals surface area contributed by atoms with Gasteiger partial charge >= 0.3 is 0 Å². The van der Waals surface area contributed by atoms with E-state index in [1.54, 1.807) is 0 Å². The molecule has 0 saturated heterocycles. The van der Waals surface area contributed by atoms with Crippen molar-refractivity contribution in [2.24, 2.45) is 0 Å². The van der Waals surface area contributed by atoms with Crippen LogP contribution in [0.4, 0.5) is 0 Å². The second-order valence-electron chi connectivity index (χ2n) is 5.78. The number of aliphatic hydroxyl groups excluding tert-OH is 1. The maximum absolute atomic E-state index is 9.88. The quantitative estimate of drug-likeness (QED) is 0.422. The highest BCUT2D eigenvalue weighted by Crippen LogP contribution is 2.08. The van der Waals surface area contributed by atoms with Crippen LogP contribution >= 0.6 is 0 Å². The Morgan fingerprint density at radius 2 is 1.50 bits per heavy atom. The number of rotatable bonds is 13. The third-order valence-corrected chi connectivity index (χ3v) is 3.65. The SMILES string of the molecule is CCCCCCCCCCOC[C@@H](O)C[n+]1ccccc1.[Cl-]. The van der Waals surface area contributed by atoms with Gasteiger partial charge in [0.25, 0.3) is 0 Å². The first-order valence-electron chi connectivity index (χ1n) is 8.53. The number of pyridine rings is 1. The summed E-state index contributed by atoms with van der Waals surface area (Å²) >= 11 is 0. The Labute approximate surface area is 142 Å². The second kappa shape index (κ2) is 15.3. The van der Waals surface area contributed by atoms with Crippen LogP contribution in [0.2, 0.25) is 0 Å². The molecule has 1 rings (SSSR count). The zero-order chi connectivity index (χ0) is 15.2. The fourth-order valence-corrected chi connectivity index (χ4v) is 2.41. The summed E-state index contributed by atoms with van der Waals surface area (Å²) in [6.07, 6.45) is 14.0.